The standard InChI is InChI=1S/C40H51N3O6/c1-27-16-14-21-30(24-27)34(35(44)41-33(37(46)48-39(2,3)4)26-29-19-12-9-13-20-29)43(31-22-15-23-31)36(45)32(25-28-17-10-8-11-18-28)42-38(47)49-40(5,6)7/h8-14,16-21,24,31-34H,15,22-23,25-26H2,1-7H3,(H,41,44)(H,42,47). The predicted molar refractivity (Wildman–Crippen MR) is 190 cm³/mol. The van der Waals surface area contributed by atoms with E-state index in [1.807, 2.05) is 91.9 Å². The van der Waals surface area contributed by atoms with E-state index in [-0.39, 0.29) is 18.9 Å². The second-order valence-electron chi connectivity index (χ2n) is 14.8. The van der Waals surface area contributed by atoms with Gasteiger partial charge in [0, 0.05) is 18.9 Å². The molecule has 0 saturated heterocycles. The number of carbonyl (C=O) groups is 4. The highest BCUT2D eigenvalue weighted by Gasteiger charge is 2.43. The minimum Gasteiger partial charge on any atom is -0.458 e. The van der Waals surface area contributed by atoms with Crippen molar-refractivity contribution in [3.05, 3.63) is 107 Å². The van der Waals surface area contributed by atoms with Crippen molar-refractivity contribution in [3.8, 4) is 0 Å². The summed E-state index contributed by atoms with van der Waals surface area (Å²) in [5.74, 6) is -1.48. The first-order valence-electron chi connectivity index (χ1n) is 17.1. The van der Waals surface area contributed by atoms with Gasteiger partial charge in [-0.25, -0.2) is 9.59 Å². The van der Waals surface area contributed by atoms with Crippen LogP contribution in [0, 0.1) is 6.92 Å². The molecule has 3 aromatic rings. The van der Waals surface area contributed by atoms with Crippen LogP contribution in [0.3, 0.4) is 0 Å². The van der Waals surface area contributed by atoms with Crippen LogP contribution in [0.5, 0.6) is 0 Å². The van der Waals surface area contributed by atoms with Gasteiger partial charge in [0.25, 0.3) is 0 Å². The number of aryl methyl sites for hydroxylation is 1. The number of esters is 1. The average molecular weight is 670 g/mol. The van der Waals surface area contributed by atoms with Gasteiger partial charge in [-0.15, -0.1) is 0 Å². The van der Waals surface area contributed by atoms with E-state index in [0.29, 0.717) is 18.4 Å². The molecule has 49 heavy (non-hydrogen) atoms. The summed E-state index contributed by atoms with van der Waals surface area (Å²) in [5.41, 5.74) is 1.65. The third-order valence-corrected chi connectivity index (χ3v) is 8.17. The zero-order chi connectivity index (χ0) is 35.8. The fraction of sp³-hybridized carbons (Fsp3) is 0.450. The number of benzene rings is 3. The Morgan fingerprint density at radius 3 is 1.78 bits per heavy atom. The van der Waals surface area contributed by atoms with Crippen molar-refractivity contribution in [1.29, 1.82) is 0 Å². The van der Waals surface area contributed by atoms with Crippen LogP contribution in [-0.2, 0) is 36.7 Å². The first-order chi connectivity index (χ1) is 23.1. The molecule has 0 aromatic heterocycles. The van der Waals surface area contributed by atoms with Gasteiger partial charge in [-0.3, -0.25) is 9.59 Å². The number of ether oxygens (including phenoxy) is 2. The molecule has 3 unspecified atom stereocenters. The molecule has 4 rings (SSSR count). The molecule has 0 aliphatic heterocycles. The predicted octanol–water partition coefficient (Wildman–Crippen LogP) is 6.62. The average Bonchev–Trinajstić information content (AvgIpc) is 2.98. The van der Waals surface area contributed by atoms with Crippen LogP contribution in [0.15, 0.2) is 84.9 Å². The molecule has 2 N–H and O–H groups in total. The molecule has 1 fully saturated rings. The van der Waals surface area contributed by atoms with Crippen LogP contribution in [0.4, 0.5) is 4.79 Å². The molecule has 0 radical (unpaired) electrons. The third-order valence-electron chi connectivity index (χ3n) is 8.17. The van der Waals surface area contributed by atoms with Gasteiger partial charge in [-0.2, -0.15) is 0 Å². The second kappa shape index (κ2) is 16.2. The Morgan fingerprint density at radius 1 is 0.735 bits per heavy atom. The molecule has 0 bridgehead atoms. The summed E-state index contributed by atoms with van der Waals surface area (Å²) in [6.07, 6.45) is 1.97. The van der Waals surface area contributed by atoms with Gasteiger partial charge >= 0.3 is 12.1 Å². The number of hydrogen-bond acceptors (Lipinski definition) is 6. The van der Waals surface area contributed by atoms with Gasteiger partial charge in [-0.05, 0) is 84.4 Å². The summed E-state index contributed by atoms with van der Waals surface area (Å²) in [6.45, 7) is 12.5. The van der Waals surface area contributed by atoms with Crippen LogP contribution in [0.2, 0.25) is 0 Å². The maximum Gasteiger partial charge on any atom is 0.408 e. The molecule has 3 aromatic carbocycles. The van der Waals surface area contributed by atoms with Crippen molar-refractivity contribution in [2.45, 2.75) is 116 Å². The summed E-state index contributed by atoms with van der Waals surface area (Å²) in [5, 5.41) is 5.81. The molecule has 3 amide bonds. The Kier molecular flexibility index (Phi) is 12.3. The number of nitrogens with zero attached hydrogens (tertiary/aromatic N) is 1. The topological polar surface area (TPSA) is 114 Å². The second-order valence-corrected chi connectivity index (χ2v) is 14.8. The summed E-state index contributed by atoms with van der Waals surface area (Å²) in [4.78, 5) is 57.9. The maximum absolute atomic E-state index is 14.9. The van der Waals surface area contributed by atoms with Crippen LogP contribution < -0.4 is 10.6 Å². The quantitative estimate of drug-likeness (QED) is 0.210. The normalized spacial score (nSPS) is 15.2. The summed E-state index contributed by atoms with van der Waals surface area (Å²) < 4.78 is 11.3. The van der Waals surface area contributed by atoms with E-state index >= 15 is 0 Å². The van der Waals surface area contributed by atoms with Crippen molar-refractivity contribution in [2.75, 3.05) is 0 Å². The molecule has 1 saturated carbocycles. The van der Waals surface area contributed by atoms with Gasteiger partial charge in [0.1, 0.15) is 29.3 Å². The molecule has 1 aliphatic carbocycles. The maximum atomic E-state index is 14.9. The van der Waals surface area contributed by atoms with Crippen LogP contribution in [0.1, 0.15) is 89.1 Å². The first kappa shape index (κ1) is 37.2. The van der Waals surface area contributed by atoms with Gasteiger partial charge in [0.15, 0.2) is 0 Å². The van der Waals surface area contributed by atoms with E-state index < -0.39 is 53.2 Å². The van der Waals surface area contributed by atoms with E-state index in [9.17, 15) is 19.2 Å². The molecular formula is C40H51N3O6. The molecule has 9 heteroatoms. The highest BCUT2D eigenvalue weighted by molar-refractivity contribution is 5.94. The Labute approximate surface area is 290 Å². The van der Waals surface area contributed by atoms with E-state index in [4.69, 9.17) is 9.47 Å². The van der Waals surface area contributed by atoms with Gasteiger partial charge in [0.2, 0.25) is 11.8 Å². The van der Waals surface area contributed by atoms with Crippen molar-refractivity contribution in [1.82, 2.24) is 15.5 Å². The fourth-order valence-corrected chi connectivity index (χ4v) is 5.81. The lowest BCUT2D eigenvalue weighted by atomic mass is 9.87. The molecular weight excluding hydrogens is 618 g/mol. The zero-order valence-corrected chi connectivity index (χ0v) is 29.8. The van der Waals surface area contributed by atoms with E-state index in [1.165, 1.54) is 0 Å². The lowest BCUT2D eigenvalue weighted by Crippen LogP contribution is -2.59. The van der Waals surface area contributed by atoms with Crippen molar-refractivity contribution in [3.63, 3.8) is 0 Å². The minimum absolute atomic E-state index is 0.193. The van der Waals surface area contributed by atoms with E-state index in [0.717, 1.165) is 23.1 Å². The monoisotopic (exact) mass is 669 g/mol. The number of amides is 3. The van der Waals surface area contributed by atoms with Crippen molar-refractivity contribution < 1.29 is 28.7 Å². The van der Waals surface area contributed by atoms with Crippen molar-refractivity contribution >= 4 is 23.9 Å². The fourth-order valence-electron chi connectivity index (χ4n) is 5.81. The summed E-state index contributed by atoms with van der Waals surface area (Å²) in [6, 6.07) is 23.0. The third kappa shape index (κ3) is 11.2. The zero-order valence-electron chi connectivity index (χ0n) is 29.8. The molecule has 1 aliphatic rings. The Morgan fingerprint density at radius 2 is 1.29 bits per heavy atom. The Bertz CT molecular complexity index is 1570. The number of rotatable bonds is 12. The van der Waals surface area contributed by atoms with Crippen LogP contribution in [0.25, 0.3) is 0 Å². The molecule has 0 spiro atoms. The Hall–Kier alpha value is -4.66. The van der Waals surface area contributed by atoms with Crippen LogP contribution in [-0.4, -0.2) is 58.1 Å². The number of alkyl carbamates (subject to hydrolysis) is 1. The van der Waals surface area contributed by atoms with Gasteiger partial charge in [-0.1, -0.05) is 90.5 Å². The highest BCUT2D eigenvalue weighted by atomic mass is 16.6. The SMILES string of the molecule is Cc1cccc(C(C(=O)NC(Cc2ccccc2)C(=O)OC(C)(C)C)N(C(=O)C(Cc2ccccc2)NC(=O)OC(C)(C)C)C2CCC2)c1. The first-order valence-corrected chi connectivity index (χ1v) is 17.1. The lowest BCUT2D eigenvalue weighted by molar-refractivity contribution is -0.159. The van der Waals surface area contributed by atoms with E-state index in [2.05, 4.69) is 10.6 Å². The molecule has 0 heterocycles. The minimum atomic E-state index is -1.09. The number of nitrogens with one attached hydrogen (secondary N) is 2. The smallest absolute Gasteiger partial charge is 0.408 e. The Balaban J connectivity index is 1.76. The van der Waals surface area contributed by atoms with Gasteiger partial charge in [0.05, 0.1) is 0 Å². The number of carbonyl (C=O) groups excluding carboxylic acids is 4. The largest absolute Gasteiger partial charge is 0.458 e. The lowest BCUT2D eigenvalue weighted by Gasteiger charge is -2.44. The van der Waals surface area contributed by atoms with Crippen LogP contribution >= 0.6 is 0 Å². The van der Waals surface area contributed by atoms with Crippen molar-refractivity contribution in [2.24, 2.45) is 0 Å². The van der Waals surface area contributed by atoms with E-state index in [1.54, 1.807) is 46.4 Å². The number of hydrogen-bond donors (Lipinski definition) is 2. The molecule has 3 atom stereocenters. The summed E-state index contributed by atoms with van der Waals surface area (Å²) in [7, 11) is 0. The molecule has 9 nitrogen and oxygen atoms in total. The highest BCUT2D eigenvalue weighted by Crippen LogP contribution is 2.34. The summed E-state index contributed by atoms with van der Waals surface area (Å²) >= 11 is 0. The van der Waals surface area contributed by atoms with Gasteiger partial charge < -0.3 is 25.0 Å². The molecule has 262 valence electrons.